The van der Waals surface area contributed by atoms with E-state index in [1.54, 1.807) is 0 Å². The fraction of sp³-hybridized carbons (Fsp3) is 0. The zero-order chi connectivity index (χ0) is 45.4. The lowest BCUT2D eigenvalue weighted by Gasteiger charge is -2.31. The first-order chi connectivity index (χ1) is 34.3. The van der Waals surface area contributed by atoms with Crippen LogP contribution in [0.15, 0.2) is 259 Å². The third kappa shape index (κ3) is 6.01. The van der Waals surface area contributed by atoms with E-state index >= 15 is 0 Å². The van der Waals surface area contributed by atoms with E-state index < -0.39 is 0 Å². The van der Waals surface area contributed by atoms with Crippen LogP contribution in [0.1, 0.15) is 0 Å². The normalized spacial score (nSPS) is 11.8. The number of para-hydroxylation sites is 3. The first-order valence-corrected chi connectivity index (χ1v) is 23.7. The fourth-order valence-corrected chi connectivity index (χ4v) is 11.3. The zero-order valence-corrected chi connectivity index (χ0v) is 37.6. The van der Waals surface area contributed by atoms with Crippen LogP contribution in [-0.4, -0.2) is 0 Å². The van der Waals surface area contributed by atoms with Gasteiger partial charge in [-0.25, -0.2) is 0 Å². The van der Waals surface area contributed by atoms with Crippen LogP contribution in [0.3, 0.4) is 0 Å². The van der Waals surface area contributed by atoms with Crippen molar-refractivity contribution in [3.8, 4) is 11.1 Å². The summed E-state index contributed by atoms with van der Waals surface area (Å²) in [5.74, 6) is 0. The number of anilines is 6. The summed E-state index contributed by atoms with van der Waals surface area (Å²) in [6.07, 6.45) is 0. The van der Waals surface area contributed by atoms with Crippen molar-refractivity contribution in [2.24, 2.45) is 0 Å². The average molecular weight is 879 g/mol. The predicted octanol–water partition coefficient (Wildman–Crippen LogP) is 19.1. The minimum absolute atomic E-state index is 0.860. The molecule has 1 aromatic heterocycles. The summed E-state index contributed by atoms with van der Waals surface area (Å²) in [5.41, 5.74) is 10.8. The fourth-order valence-electron chi connectivity index (χ4n) is 11.3. The highest BCUT2D eigenvalue weighted by Gasteiger charge is 2.28. The second-order valence-corrected chi connectivity index (χ2v) is 17.9. The van der Waals surface area contributed by atoms with Crippen LogP contribution in [0.5, 0.6) is 0 Å². The molecular weight excluding hydrogens is 837 g/mol. The Bertz CT molecular complexity index is 4160. The maximum atomic E-state index is 6.92. The van der Waals surface area contributed by atoms with E-state index in [-0.39, 0.29) is 0 Å². The summed E-state index contributed by atoms with van der Waals surface area (Å²) in [5, 5.41) is 16.4. The quantitative estimate of drug-likeness (QED) is 0.149. The van der Waals surface area contributed by atoms with Gasteiger partial charge in [0.15, 0.2) is 0 Å². The van der Waals surface area contributed by atoms with E-state index in [0.29, 0.717) is 0 Å². The Morgan fingerprint density at radius 3 is 1.07 bits per heavy atom. The van der Waals surface area contributed by atoms with Gasteiger partial charge in [0.2, 0.25) is 0 Å². The number of nitrogens with zero attached hydrogens (tertiary/aromatic N) is 2. The van der Waals surface area contributed by atoms with Crippen LogP contribution in [-0.2, 0) is 0 Å². The molecule has 322 valence electrons. The molecule has 0 amide bonds. The molecule has 0 unspecified atom stereocenters. The van der Waals surface area contributed by atoms with Crippen LogP contribution in [0.2, 0.25) is 0 Å². The van der Waals surface area contributed by atoms with Crippen molar-refractivity contribution in [2.75, 3.05) is 9.80 Å². The Morgan fingerprint density at radius 1 is 0.246 bits per heavy atom. The minimum Gasteiger partial charge on any atom is -0.456 e. The number of benzene rings is 13. The molecule has 0 fully saturated rings. The van der Waals surface area contributed by atoms with Crippen LogP contribution in [0.25, 0.3) is 97.7 Å². The molecule has 3 nitrogen and oxygen atoms in total. The summed E-state index contributed by atoms with van der Waals surface area (Å²) in [6.45, 7) is 0. The van der Waals surface area contributed by atoms with Crippen molar-refractivity contribution in [1.82, 2.24) is 0 Å². The maximum Gasteiger partial charge on any atom is 0.138 e. The Morgan fingerprint density at radius 2 is 0.594 bits per heavy atom. The van der Waals surface area contributed by atoms with Crippen molar-refractivity contribution >= 4 is 121 Å². The van der Waals surface area contributed by atoms with Crippen LogP contribution in [0.4, 0.5) is 34.1 Å². The van der Waals surface area contributed by atoms with Gasteiger partial charge in [-0.05, 0) is 91.3 Å². The molecule has 3 heteroatoms. The van der Waals surface area contributed by atoms with Gasteiger partial charge in [0, 0.05) is 60.8 Å². The summed E-state index contributed by atoms with van der Waals surface area (Å²) >= 11 is 0. The molecule has 1 heterocycles. The van der Waals surface area contributed by atoms with Crippen molar-refractivity contribution < 1.29 is 4.42 Å². The van der Waals surface area contributed by atoms with Gasteiger partial charge in [-0.2, -0.15) is 0 Å². The van der Waals surface area contributed by atoms with Crippen molar-refractivity contribution in [3.05, 3.63) is 255 Å². The molecule has 0 aliphatic carbocycles. The molecular formula is C66H42N2O. The van der Waals surface area contributed by atoms with Crippen molar-refractivity contribution in [3.63, 3.8) is 0 Å². The van der Waals surface area contributed by atoms with Gasteiger partial charge < -0.3 is 14.2 Å². The highest BCUT2D eigenvalue weighted by atomic mass is 16.3. The second kappa shape index (κ2) is 15.7. The van der Waals surface area contributed by atoms with E-state index in [1.807, 2.05) is 0 Å². The van der Waals surface area contributed by atoms with Crippen LogP contribution >= 0.6 is 0 Å². The van der Waals surface area contributed by atoms with Gasteiger partial charge in [0.25, 0.3) is 0 Å². The third-order valence-corrected chi connectivity index (χ3v) is 14.1. The standard InChI is InChI=1S/C66H42N2O/c1-4-23-44(24-5-1)67(45-25-6-2-7-26-45)65-54-36-18-14-32-50(54)61(51-33-15-19-37-55(51)65)62-52-34-16-20-38-56(52)66(57-39-21-17-35-53(57)62)68(46-27-8-3-9-28-46)58-42-60-64(49-31-13-12-30-48(49)58)63-47-29-11-10-22-43(47)40-41-59(63)69-60/h1-42H. The summed E-state index contributed by atoms with van der Waals surface area (Å²) in [4.78, 5) is 4.91. The maximum absolute atomic E-state index is 6.92. The van der Waals surface area contributed by atoms with E-state index in [0.717, 1.165) is 77.6 Å². The SMILES string of the molecule is c1ccc(N(c2ccccc2)c2c3ccccc3c(-c3c4ccccc4c(N(c4ccccc4)c4cc5oc6ccc7ccccc7c6c5c5ccccc45)c4ccccc34)c3ccccc23)cc1. The van der Waals surface area contributed by atoms with Gasteiger partial charge in [-0.3, -0.25) is 0 Å². The number of fused-ring (bicyclic) bond motifs is 11. The van der Waals surface area contributed by atoms with Gasteiger partial charge >= 0.3 is 0 Å². The third-order valence-electron chi connectivity index (χ3n) is 14.1. The molecule has 0 aliphatic rings. The van der Waals surface area contributed by atoms with E-state index in [9.17, 15) is 0 Å². The number of furan rings is 1. The van der Waals surface area contributed by atoms with Gasteiger partial charge in [-0.15, -0.1) is 0 Å². The molecule has 0 bridgehead atoms. The first kappa shape index (κ1) is 39.0. The van der Waals surface area contributed by atoms with Crippen LogP contribution < -0.4 is 9.80 Å². The second-order valence-electron chi connectivity index (χ2n) is 17.9. The molecule has 0 spiro atoms. The Labute approximate surface area is 398 Å². The van der Waals surface area contributed by atoms with Crippen molar-refractivity contribution in [2.45, 2.75) is 0 Å². The average Bonchev–Trinajstić information content (AvgIpc) is 3.81. The molecule has 0 aliphatic heterocycles. The minimum atomic E-state index is 0.860. The number of rotatable bonds is 7. The lowest BCUT2D eigenvalue weighted by molar-refractivity contribution is 0.669. The molecule has 69 heavy (non-hydrogen) atoms. The molecule has 14 rings (SSSR count). The van der Waals surface area contributed by atoms with Gasteiger partial charge in [-0.1, -0.05) is 206 Å². The highest BCUT2D eigenvalue weighted by Crippen LogP contribution is 2.55. The highest BCUT2D eigenvalue weighted by molar-refractivity contribution is 6.32. The lowest BCUT2D eigenvalue weighted by atomic mass is 9.84. The van der Waals surface area contributed by atoms with Gasteiger partial charge in [0.1, 0.15) is 11.2 Å². The summed E-state index contributed by atoms with van der Waals surface area (Å²) in [7, 11) is 0. The molecule has 0 radical (unpaired) electrons. The monoisotopic (exact) mass is 878 g/mol. The molecule has 0 saturated heterocycles. The lowest BCUT2D eigenvalue weighted by Crippen LogP contribution is -2.12. The van der Waals surface area contributed by atoms with E-state index in [1.165, 1.54) is 54.2 Å². The molecule has 0 saturated carbocycles. The van der Waals surface area contributed by atoms with Gasteiger partial charge in [0.05, 0.1) is 17.1 Å². The van der Waals surface area contributed by atoms with E-state index in [2.05, 4.69) is 265 Å². The summed E-state index contributed by atoms with van der Waals surface area (Å²) in [6, 6.07) is 92.5. The topological polar surface area (TPSA) is 19.6 Å². The Hall–Kier alpha value is -9.18. The molecule has 0 N–H and O–H groups in total. The predicted molar refractivity (Wildman–Crippen MR) is 294 cm³/mol. The Kier molecular flexibility index (Phi) is 8.90. The number of hydrogen-bond donors (Lipinski definition) is 0. The zero-order valence-electron chi connectivity index (χ0n) is 37.6. The van der Waals surface area contributed by atoms with E-state index in [4.69, 9.17) is 4.42 Å². The number of hydrogen-bond acceptors (Lipinski definition) is 3. The Balaban J connectivity index is 1.10. The largest absolute Gasteiger partial charge is 0.456 e. The molecule has 0 atom stereocenters. The first-order valence-electron chi connectivity index (χ1n) is 23.7. The molecule has 13 aromatic carbocycles. The smallest absolute Gasteiger partial charge is 0.138 e. The molecule has 14 aromatic rings. The summed E-state index contributed by atoms with van der Waals surface area (Å²) < 4.78 is 6.92. The van der Waals surface area contributed by atoms with Crippen LogP contribution in [0, 0.1) is 0 Å². The van der Waals surface area contributed by atoms with Crippen molar-refractivity contribution in [1.29, 1.82) is 0 Å².